The molecule has 5 heteroatoms. The van der Waals surface area contributed by atoms with Crippen LogP contribution in [-0.2, 0) is 0 Å². The van der Waals surface area contributed by atoms with E-state index in [1.807, 2.05) is 18.4 Å². The van der Waals surface area contributed by atoms with Crippen molar-refractivity contribution in [3.8, 4) is 0 Å². The van der Waals surface area contributed by atoms with Gasteiger partial charge in [-0.3, -0.25) is 0 Å². The Balaban J connectivity index is 2.47. The molecule has 2 rings (SSSR count). The largest absolute Gasteiger partial charge is 0.306 e. The van der Waals surface area contributed by atoms with Crippen molar-refractivity contribution in [1.29, 1.82) is 0 Å². The lowest BCUT2D eigenvalue weighted by atomic mass is 9.98. The quantitative estimate of drug-likeness (QED) is 0.839. The second-order valence-corrected chi connectivity index (χ2v) is 6.59. The zero-order valence-electron chi connectivity index (χ0n) is 10.6. The van der Waals surface area contributed by atoms with E-state index in [4.69, 9.17) is 0 Å². The maximum atomic E-state index is 14.0. The minimum absolute atomic E-state index is 0.258. The topological polar surface area (TPSA) is 12.0 Å². The summed E-state index contributed by atoms with van der Waals surface area (Å²) >= 11 is 4.95. The van der Waals surface area contributed by atoms with Gasteiger partial charge >= 0.3 is 0 Å². The lowest BCUT2D eigenvalue weighted by Gasteiger charge is -2.19. The molecule has 0 saturated carbocycles. The van der Waals surface area contributed by atoms with E-state index in [9.17, 15) is 8.78 Å². The van der Waals surface area contributed by atoms with Crippen LogP contribution in [0.25, 0.3) is 0 Å². The molecular weight excluding hydrogens is 332 g/mol. The van der Waals surface area contributed by atoms with E-state index in [1.165, 1.54) is 0 Å². The Bertz CT molecular complexity index is 583. The molecule has 1 N–H and O–H groups in total. The molecule has 0 fully saturated rings. The molecule has 19 heavy (non-hydrogen) atoms. The highest BCUT2D eigenvalue weighted by Gasteiger charge is 2.19. The van der Waals surface area contributed by atoms with Crippen LogP contribution >= 0.6 is 27.3 Å². The van der Waals surface area contributed by atoms with Crippen molar-refractivity contribution in [2.75, 3.05) is 6.54 Å². The summed E-state index contributed by atoms with van der Waals surface area (Å²) in [5.74, 6) is -1.03. The Morgan fingerprint density at radius 2 is 2.00 bits per heavy atom. The van der Waals surface area contributed by atoms with Gasteiger partial charge in [-0.25, -0.2) is 8.78 Å². The van der Waals surface area contributed by atoms with E-state index in [-0.39, 0.29) is 6.04 Å². The van der Waals surface area contributed by atoms with Crippen molar-refractivity contribution in [3.05, 3.63) is 55.7 Å². The van der Waals surface area contributed by atoms with Crippen LogP contribution in [0.5, 0.6) is 0 Å². The van der Waals surface area contributed by atoms with E-state index < -0.39 is 11.6 Å². The predicted molar refractivity (Wildman–Crippen MR) is 78.6 cm³/mol. The molecular formula is C14H14BrF2NS. The first-order valence-electron chi connectivity index (χ1n) is 5.95. The summed E-state index contributed by atoms with van der Waals surface area (Å²) in [5.41, 5.74) is 1.91. The number of halogens is 3. The second kappa shape index (κ2) is 6.11. The molecule has 1 aromatic heterocycles. The van der Waals surface area contributed by atoms with E-state index in [0.717, 1.165) is 15.4 Å². The number of benzene rings is 1. The Kier molecular flexibility index (Phi) is 4.71. The molecule has 2 aromatic rings. The standard InChI is InChI=1S/C14H14BrF2NS/c1-3-18-14(9-5-13(15)19-7-9)10-4-8(2)11(16)6-12(10)17/h4-7,14,18H,3H2,1-2H3. The highest BCUT2D eigenvalue weighted by atomic mass is 79.9. The van der Waals surface area contributed by atoms with Crippen LogP contribution < -0.4 is 5.32 Å². The van der Waals surface area contributed by atoms with Gasteiger partial charge in [0.15, 0.2) is 0 Å². The van der Waals surface area contributed by atoms with Crippen LogP contribution in [0, 0.1) is 18.6 Å². The fourth-order valence-corrected chi connectivity index (χ4v) is 3.19. The van der Waals surface area contributed by atoms with Gasteiger partial charge < -0.3 is 5.32 Å². The van der Waals surface area contributed by atoms with Gasteiger partial charge in [0.05, 0.1) is 9.83 Å². The van der Waals surface area contributed by atoms with Crippen molar-refractivity contribution in [3.63, 3.8) is 0 Å². The normalized spacial score (nSPS) is 12.7. The summed E-state index contributed by atoms with van der Waals surface area (Å²) in [5, 5.41) is 5.21. The van der Waals surface area contributed by atoms with Crippen LogP contribution in [0.4, 0.5) is 8.78 Å². The monoisotopic (exact) mass is 345 g/mol. The molecule has 0 aliphatic heterocycles. The molecule has 0 amide bonds. The summed E-state index contributed by atoms with van der Waals surface area (Å²) in [7, 11) is 0. The summed E-state index contributed by atoms with van der Waals surface area (Å²) in [6, 6.07) is 4.22. The van der Waals surface area contributed by atoms with Crippen molar-refractivity contribution in [2.24, 2.45) is 0 Å². The molecule has 0 radical (unpaired) electrons. The first-order chi connectivity index (χ1) is 9.02. The van der Waals surface area contributed by atoms with Gasteiger partial charge in [0.2, 0.25) is 0 Å². The molecule has 0 spiro atoms. The van der Waals surface area contributed by atoms with Crippen molar-refractivity contribution in [2.45, 2.75) is 19.9 Å². The zero-order chi connectivity index (χ0) is 14.0. The van der Waals surface area contributed by atoms with Crippen LogP contribution in [0.15, 0.2) is 27.4 Å². The molecule has 1 atom stereocenters. The number of hydrogen-bond acceptors (Lipinski definition) is 2. The number of thiophene rings is 1. The number of nitrogens with one attached hydrogen (secondary N) is 1. The first-order valence-corrected chi connectivity index (χ1v) is 7.63. The van der Waals surface area contributed by atoms with Gasteiger partial charge in [-0.1, -0.05) is 6.92 Å². The Morgan fingerprint density at radius 3 is 2.58 bits per heavy atom. The highest BCUT2D eigenvalue weighted by molar-refractivity contribution is 9.11. The summed E-state index contributed by atoms with van der Waals surface area (Å²) in [4.78, 5) is 0. The fourth-order valence-electron chi connectivity index (χ4n) is 1.99. The third kappa shape index (κ3) is 3.22. The molecule has 1 heterocycles. The molecule has 0 saturated heterocycles. The number of rotatable bonds is 4. The van der Waals surface area contributed by atoms with Crippen LogP contribution in [0.2, 0.25) is 0 Å². The van der Waals surface area contributed by atoms with E-state index in [2.05, 4.69) is 21.2 Å². The number of aryl methyl sites for hydroxylation is 1. The van der Waals surface area contributed by atoms with Crippen LogP contribution in [-0.4, -0.2) is 6.54 Å². The molecule has 1 aromatic carbocycles. The Labute approximate surface area is 123 Å². The van der Waals surface area contributed by atoms with Crippen molar-refractivity contribution < 1.29 is 8.78 Å². The fraction of sp³-hybridized carbons (Fsp3) is 0.286. The molecule has 0 bridgehead atoms. The van der Waals surface area contributed by atoms with Crippen molar-refractivity contribution in [1.82, 2.24) is 5.32 Å². The average molecular weight is 346 g/mol. The predicted octanol–water partition coefficient (Wildman–Crippen LogP) is 4.80. The minimum atomic E-state index is -0.517. The van der Waals surface area contributed by atoms with Gasteiger partial charge in [0, 0.05) is 11.6 Å². The molecule has 1 nitrogen and oxygen atoms in total. The molecule has 102 valence electrons. The Morgan fingerprint density at radius 1 is 1.26 bits per heavy atom. The smallest absolute Gasteiger partial charge is 0.131 e. The number of hydrogen-bond donors (Lipinski definition) is 1. The molecule has 0 aliphatic rings. The van der Waals surface area contributed by atoms with E-state index >= 15 is 0 Å². The summed E-state index contributed by atoms with van der Waals surface area (Å²) < 4.78 is 28.3. The summed E-state index contributed by atoms with van der Waals surface area (Å²) in [6.07, 6.45) is 0. The molecule has 0 aliphatic carbocycles. The lowest BCUT2D eigenvalue weighted by molar-refractivity contribution is 0.538. The SMILES string of the molecule is CCNC(c1csc(Br)c1)c1cc(C)c(F)cc1F. The molecule has 1 unspecified atom stereocenters. The van der Waals surface area contributed by atoms with Crippen molar-refractivity contribution >= 4 is 27.3 Å². The van der Waals surface area contributed by atoms with E-state index in [1.54, 1.807) is 24.3 Å². The third-order valence-corrected chi connectivity index (χ3v) is 4.44. The first kappa shape index (κ1) is 14.6. The highest BCUT2D eigenvalue weighted by Crippen LogP contribution is 2.31. The average Bonchev–Trinajstić information content (AvgIpc) is 2.78. The second-order valence-electron chi connectivity index (χ2n) is 4.30. The van der Waals surface area contributed by atoms with Crippen LogP contribution in [0.1, 0.15) is 29.7 Å². The van der Waals surface area contributed by atoms with Gasteiger partial charge in [0.1, 0.15) is 11.6 Å². The maximum absolute atomic E-state index is 14.0. The summed E-state index contributed by atoms with van der Waals surface area (Å²) in [6.45, 7) is 4.31. The van der Waals surface area contributed by atoms with Gasteiger partial charge in [0.25, 0.3) is 0 Å². The van der Waals surface area contributed by atoms with E-state index in [0.29, 0.717) is 17.7 Å². The lowest BCUT2D eigenvalue weighted by Crippen LogP contribution is -2.22. The van der Waals surface area contributed by atoms with Gasteiger partial charge in [-0.2, -0.15) is 0 Å². The minimum Gasteiger partial charge on any atom is -0.306 e. The van der Waals surface area contributed by atoms with Crippen LogP contribution in [0.3, 0.4) is 0 Å². The van der Waals surface area contributed by atoms with Gasteiger partial charge in [-0.05, 0) is 58.0 Å². The van der Waals surface area contributed by atoms with Gasteiger partial charge in [-0.15, -0.1) is 11.3 Å². The Hall–Kier alpha value is -0.780. The third-order valence-electron chi connectivity index (χ3n) is 2.92. The maximum Gasteiger partial charge on any atom is 0.131 e. The zero-order valence-corrected chi connectivity index (χ0v) is 13.0.